The van der Waals surface area contributed by atoms with E-state index in [9.17, 15) is 18.0 Å². The lowest BCUT2D eigenvalue weighted by Crippen LogP contribution is -2.58. The van der Waals surface area contributed by atoms with Crippen LogP contribution in [-0.2, 0) is 37.8 Å². The van der Waals surface area contributed by atoms with Crippen molar-refractivity contribution in [2.75, 3.05) is 14.1 Å². The first-order chi connectivity index (χ1) is 21.5. The molecule has 6 rings (SSSR count). The number of esters is 2. The van der Waals surface area contributed by atoms with Crippen LogP contribution in [0.4, 0.5) is 0 Å². The molecule has 45 heavy (non-hydrogen) atoms. The summed E-state index contributed by atoms with van der Waals surface area (Å²) in [5.41, 5.74) is -0.622. The van der Waals surface area contributed by atoms with Crippen LogP contribution in [0.3, 0.4) is 0 Å². The van der Waals surface area contributed by atoms with Crippen LogP contribution in [0.25, 0.3) is 12.2 Å². The first-order valence-corrected chi connectivity index (χ1v) is 16.9. The second kappa shape index (κ2) is 12.8. The number of hydrogen-bond acceptors (Lipinski definition) is 10. The van der Waals surface area contributed by atoms with Crippen LogP contribution in [0.15, 0.2) is 72.8 Å². The van der Waals surface area contributed by atoms with E-state index in [0.717, 1.165) is 11.1 Å². The van der Waals surface area contributed by atoms with E-state index in [1.165, 1.54) is 12.2 Å². The number of carbonyl (C=O) groups excluding carboxylic acids is 2. The zero-order valence-electron chi connectivity index (χ0n) is 25.6. The molecule has 4 bridgehead atoms. The minimum atomic E-state index is -4.52. The molecule has 4 fully saturated rings. The van der Waals surface area contributed by atoms with Gasteiger partial charge in [0.25, 0.3) is 0 Å². The van der Waals surface area contributed by atoms with Crippen molar-refractivity contribution >= 4 is 34.5 Å². The number of rotatable bonds is 10. The van der Waals surface area contributed by atoms with Crippen molar-refractivity contribution in [2.45, 2.75) is 87.1 Å². The summed E-state index contributed by atoms with van der Waals surface area (Å²) in [7, 11) is -0.837. The van der Waals surface area contributed by atoms with Crippen molar-refractivity contribution in [1.29, 1.82) is 0 Å². The van der Waals surface area contributed by atoms with Gasteiger partial charge in [-0.05, 0) is 63.1 Å². The fourth-order valence-electron chi connectivity index (χ4n) is 7.43. The summed E-state index contributed by atoms with van der Waals surface area (Å²) >= 11 is 0. The van der Waals surface area contributed by atoms with Crippen molar-refractivity contribution < 1.29 is 35.8 Å². The molecule has 0 radical (unpaired) electrons. The van der Waals surface area contributed by atoms with Crippen molar-refractivity contribution in [3.8, 4) is 0 Å². The quantitative estimate of drug-likeness (QED) is 0.269. The minimum absolute atomic E-state index is 0.00367. The number of benzene rings is 2. The van der Waals surface area contributed by atoms with Crippen LogP contribution in [0, 0.1) is 0 Å². The molecular formula is C34H40N2O8S. The van der Waals surface area contributed by atoms with Gasteiger partial charge in [0.2, 0.25) is 0 Å². The molecular weight excluding hydrogens is 596 g/mol. The molecule has 0 aromatic heterocycles. The second-order valence-electron chi connectivity index (χ2n) is 12.6. The lowest BCUT2D eigenvalue weighted by atomic mass is 9.97. The van der Waals surface area contributed by atoms with Gasteiger partial charge in [-0.15, -0.1) is 0 Å². The number of ether oxygens (including phenoxy) is 2. The minimum Gasteiger partial charge on any atom is -0.459 e. The van der Waals surface area contributed by atoms with Gasteiger partial charge in [0, 0.05) is 49.9 Å². The summed E-state index contributed by atoms with van der Waals surface area (Å²) in [5.74, 6) is -0.970. The standard InChI is InChI=1S/C34H40N2O8S/c1-35-27-17-19-33(35,23-29(21-27)41-31(37)15-13-25-9-5-3-6-10-25)43-45(39,40)44-34-20-18-28(36(34)2)22-30(24-34)42-32(38)16-14-26-11-7-4-8-12-26/h3-16,27-30H,17-24H2,1-2H3/b15-13+,16-14+. The van der Waals surface area contributed by atoms with Crippen LogP contribution in [-0.4, -0.2) is 80.0 Å². The Morgan fingerprint density at radius 3 is 1.51 bits per heavy atom. The van der Waals surface area contributed by atoms with Gasteiger partial charge in [-0.3, -0.25) is 9.80 Å². The van der Waals surface area contributed by atoms with Gasteiger partial charge < -0.3 is 9.47 Å². The molecule has 6 unspecified atom stereocenters. The zero-order valence-corrected chi connectivity index (χ0v) is 26.4. The molecule has 4 aliphatic rings. The zero-order chi connectivity index (χ0) is 31.7. The Hall–Kier alpha value is -3.35. The number of hydrogen-bond donors (Lipinski definition) is 0. The lowest BCUT2D eigenvalue weighted by molar-refractivity contribution is -0.169. The van der Waals surface area contributed by atoms with Crippen LogP contribution in [0.5, 0.6) is 0 Å². The highest BCUT2D eigenvalue weighted by Crippen LogP contribution is 2.49. The first kappa shape index (κ1) is 31.6. The van der Waals surface area contributed by atoms with E-state index < -0.39 is 46.0 Å². The summed E-state index contributed by atoms with van der Waals surface area (Å²) in [5, 5.41) is 0. The van der Waals surface area contributed by atoms with Crippen molar-refractivity contribution in [1.82, 2.24) is 9.80 Å². The molecule has 0 spiro atoms. The van der Waals surface area contributed by atoms with Gasteiger partial charge in [0.15, 0.2) is 0 Å². The van der Waals surface area contributed by atoms with Crippen molar-refractivity contribution in [3.05, 3.63) is 83.9 Å². The van der Waals surface area contributed by atoms with Crippen LogP contribution < -0.4 is 0 Å². The number of piperidine rings is 2. The third kappa shape index (κ3) is 7.07. The van der Waals surface area contributed by atoms with E-state index in [-0.39, 0.29) is 24.9 Å². The second-order valence-corrected chi connectivity index (χ2v) is 13.7. The maximum absolute atomic E-state index is 13.7. The highest BCUT2D eigenvalue weighted by atomic mass is 32.3. The summed E-state index contributed by atoms with van der Waals surface area (Å²) < 4.78 is 50.7. The SMILES string of the molecule is CN1C2CCC1(OS(=O)(=O)OC13CCC(CC(OC(=O)/C=C/c4ccccc4)C1)N3C)CC(OC(=O)/C=C/c1ccccc1)C2. The number of nitrogens with zero attached hydrogens (tertiary/aromatic N) is 2. The maximum atomic E-state index is 13.7. The average Bonchev–Trinajstić information content (AvgIpc) is 3.27. The van der Waals surface area contributed by atoms with Gasteiger partial charge in [-0.25, -0.2) is 18.0 Å². The van der Waals surface area contributed by atoms with Crippen LogP contribution >= 0.6 is 0 Å². The fraction of sp³-hybridized carbons (Fsp3) is 0.471. The van der Waals surface area contributed by atoms with Crippen LogP contribution in [0.1, 0.15) is 62.5 Å². The molecule has 4 saturated heterocycles. The smallest absolute Gasteiger partial charge is 0.403 e. The third-order valence-electron chi connectivity index (χ3n) is 9.78. The summed E-state index contributed by atoms with van der Waals surface area (Å²) in [6, 6.07) is 18.9. The Labute approximate surface area is 264 Å². The molecule has 11 heteroatoms. The molecule has 0 aliphatic carbocycles. The van der Waals surface area contributed by atoms with E-state index in [0.29, 0.717) is 38.5 Å². The van der Waals surface area contributed by atoms with E-state index >= 15 is 0 Å². The average molecular weight is 637 g/mol. The number of carbonyl (C=O) groups is 2. The Morgan fingerprint density at radius 2 is 1.11 bits per heavy atom. The Balaban J connectivity index is 1.10. The first-order valence-electron chi connectivity index (χ1n) is 15.5. The van der Waals surface area contributed by atoms with E-state index in [1.807, 2.05) is 84.6 Å². The number of fused-ring (bicyclic) bond motifs is 4. The topological polar surface area (TPSA) is 112 Å². The maximum Gasteiger partial charge on any atom is 0.403 e. The Bertz CT molecular complexity index is 1440. The van der Waals surface area contributed by atoms with Gasteiger partial charge in [0.1, 0.15) is 23.7 Å². The van der Waals surface area contributed by atoms with E-state index in [4.69, 9.17) is 17.8 Å². The van der Waals surface area contributed by atoms with Crippen molar-refractivity contribution in [2.24, 2.45) is 0 Å². The van der Waals surface area contributed by atoms with Gasteiger partial charge in [-0.2, -0.15) is 8.42 Å². The molecule has 6 atom stereocenters. The lowest BCUT2D eigenvalue weighted by Gasteiger charge is -2.46. The molecule has 2 aromatic carbocycles. The van der Waals surface area contributed by atoms with E-state index in [2.05, 4.69) is 0 Å². The normalized spacial score (nSPS) is 31.9. The highest BCUT2D eigenvalue weighted by molar-refractivity contribution is 7.81. The summed E-state index contributed by atoms with van der Waals surface area (Å²) in [6.07, 6.45) is 9.08. The Morgan fingerprint density at radius 1 is 0.711 bits per heavy atom. The molecule has 4 aliphatic heterocycles. The molecule has 0 N–H and O–H groups in total. The molecule has 2 aromatic rings. The molecule has 240 valence electrons. The predicted molar refractivity (Wildman–Crippen MR) is 167 cm³/mol. The largest absolute Gasteiger partial charge is 0.459 e. The van der Waals surface area contributed by atoms with Gasteiger partial charge in [-0.1, -0.05) is 60.7 Å². The highest BCUT2D eigenvalue weighted by Gasteiger charge is 2.58. The third-order valence-corrected chi connectivity index (χ3v) is 10.8. The Kier molecular flexibility index (Phi) is 9.00. The van der Waals surface area contributed by atoms with Gasteiger partial charge in [0.05, 0.1) is 0 Å². The molecule has 10 nitrogen and oxygen atoms in total. The van der Waals surface area contributed by atoms with Crippen molar-refractivity contribution in [3.63, 3.8) is 0 Å². The van der Waals surface area contributed by atoms with Gasteiger partial charge >= 0.3 is 22.3 Å². The molecule has 4 heterocycles. The predicted octanol–water partition coefficient (Wildman–Crippen LogP) is 4.68. The van der Waals surface area contributed by atoms with E-state index in [1.54, 1.807) is 12.2 Å². The summed E-state index contributed by atoms with van der Waals surface area (Å²) in [6.45, 7) is 0. The monoisotopic (exact) mass is 636 g/mol. The molecule has 0 amide bonds. The summed E-state index contributed by atoms with van der Waals surface area (Å²) in [4.78, 5) is 29.1. The fourth-order valence-corrected chi connectivity index (χ4v) is 8.76. The molecule has 0 saturated carbocycles. The van der Waals surface area contributed by atoms with Crippen LogP contribution in [0.2, 0.25) is 0 Å².